The van der Waals surface area contributed by atoms with Gasteiger partial charge in [0.05, 0.1) is 18.0 Å². The van der Waals surface area contributed by atoms with E-state index in [0.29, 0.717) is 11.7 Å². The number of ether oxygens (including phenoxy) is 1. The molecule has 1 aromatic heterocycles. The summed E-state index contributed by atoms with van der Waals surface area (Å²) in [5, 5.41) is 20.1. The standard InChI is InChI=1S/C15H20N4O2/c1-3-13-14(4-2)18-19-15(17-13)16-11-5-7-12(8-6-11)21-10-9-20/h5-8,20H,3-4,9-10H2,1-2H3,(H,16,17,19). The molecule has 0 bridgehead atoms. The molecule has 0 amide bonds. The Balaban J connectivity index is 2.07. The van der Waals surface area contributed by atoms with Gasteiger partial charge in [-0.1, -0.05) is 13.8 Å². The molecule has 2 rings (SSSR count). The highest BCUT2D eigenvalue weighted by Gasteiger charge is 2.06. The summed E-state index contributed by atoms with van der Waals surface area (Å²) in [4.78, 5) is 4.48. The van der Waals surface area contributed by atoms with Gasteiger partial charge < -0.3 is 15.2 Å². The zero-order chi connectivity index (χ0) is 15.1. The van der Waals surface area contributed by atoms with Gasteiger partial charge in [0, 0.05) is 5.69 Å². The number of aliphatic hydroxyl groups excluding tert-OH is 1. The average Bonchev–Trinajstić information content (AvgIpc) is 2.54. The smallest absolute Gasteiger partial charge is 0.247 e. The van der Waals surface area contributed by atoms with Crippen molar-refractivity contribution < 1.29 is 9.84 Å². The van der Waals surface area contributed by atoms with Crippen LogP contribution in [0.4, 0.5) is 11.6 Å². The van der Waals surface area contributed by atoms with Gasteiger partial charge in [0.2, 0.25) is 5.95 Å². The van der Waals surface area contributed by atoms with E-state index in [9.17, 15) is 0 Å². The van der Waals surface area contributed by atoms with Crippen LogP contribution in [0, 0.1) is 0 Å². The molecule has 6 nitrogen and oxygen atoms in total. The minimum atomic E-state index is 0.00306. The van der Waals surface area contributed by atoms with Gasteiger partial charge in [-0.25, -0.2) is 4.98 Å². The Morgan fingerprint density at radius 1 is 1.05 bits per heavy atom. The van der Waals surface area contributed by atoms with Crippen LogP contribution in [0.5, 0.6) is 5.75 Å². The molecule has 0 saturated heterocycles. The van der Waals surface area contributed by atoms with E-state index in [2.05, 4.69) is 27.4 Å². The number of aliphatic hydroxyl groups is 1. The SMILES string of the molecule is CCc1nnc(Nc2ccc(OCCO)cc2)nc1CC. The highest BCUT2D eigenvalue weighted by Crippen LogP contribution is 2.18. The fourth-order valence-corrected chi connectivity index (χ4v) is 1.92. The predicted octanol–water partition coefficient (Wildman–Crippen LogP) is 2.11. The number of nitrogens with one attached hydrogen (secondary N) is 1. The molecule has 0 aliphatic rings. The highest BCUT2D eigenvalue weighted by molar-refractivity contribution is 5.54. The first kappa shape index (κ1) is 15.2. The number of nitrogens with zero attached hydrogens (tertiary/aromatic N) is 3. The molecule has 0 spiro atoms. The molecule has 0 saturated carbocycles. The molecule has 21 heavy (non-hydrogen) atoms. The Kier molecular flexibility index (Phi) is 5.45. The zero-order valence-electron chi connectivity index (χ0n) is 12.3. The van der Waals surface area contributed by atoms with E-state index in [1.807, 2.05) is 31.2 Å². The van der Waals surface area contributed by atoms with Crippen LogP contribution in [0.25, 0.3) is 0 Å². The fourth-order valence-electron chi connectivity index (χ4n) is 1.92. The zero-order valence-corrected chi connectivity index (χ0v) is 12.3. The van der Waals surface area contributed by atoms with Crippen molar-refractivity contribution in [2.45, 2.75) is 26.7 Å². The van der Waals surface area contributed by atoms with Gasteiger partial charge in [0.25, 0.3) is 0 Å². The van der Waals surface area contributed by atoms with Crippen molar-refractivity contribution in [3.05, 3.63) is 35.7 Å². The number of hydrogen-bond acceptors (Lipinski definition) is 6. The topological polar surface area (TPSA) is 80.2 Å². The van der Waals surface area contributed by atoms with Crippen molar-refractivity contribution in [1.82, 2.24) is 15.2 Å². The molecule has 112 valence electrons. The first-order valence-corrected chi connectivity index (χ1v) is 7.10. The van der Waals surface area contributed by atoms with Gasteiger partial charge in [-0.2, -0.15) is 0 Å². The molecular weight excluding hydrogens is 268 g/mol. The Labute approximate surface area is 124 Å². The Morgan fingerprint density at radius 3 is 2.38 bits per heavy atom. The van der Waals surface area contributed by atoms with Gasteiger partial charge in [0.1, 0.15) is 12.4 Å². The molecule has 1 heterocycles. The lowest BCUT2D eigenvalue weighted by molar-refractivity contribution is 0.201. The van der Waals surface area contributed by atoms with E-state index >= 15 is 0 Å². The minimum Gasteiger partial charge on any atom is -0.491 e. The lowest BCUT2D eigenvalue weighted by Crippen LogP contribution is -2.06. The van der Waals surface area contributed by atoms with Gasteiger partial charge >= 0.3 is 0 Å². The van der Waals surface area contributed by atoms with Gasteiger partial charge in [-0.3, -0.25) is 0 Å². The summed E-state index contributed by atoms with van der Waals surface area (Å²) in [5.74, 6) is 1.21. The Bertz CT molecular complexity index is 572. The van der Waals surface area contributed by atoms with Crippen molar-refractivity contribution in [1.29, 1.82) is 0 Å². The van der Waals surface area contributed by atoms with Crippen molar-refractivity contribution in [2.75, 3.05) is 18.5 Å². The second kappa shape index (κ2) is 7.54. The van der Waals surface area contributed by atoms with Gasteiger partial charge in [0.15, 0.2) is 0 Å². The van der Waals surface area contributed by atoms with Crippen molar-refractivity contribution >= 4 is 11.6 Å². The third kappa shape index (κ3) is 4.13. The summed E-state index contributed by atoms with van der Waals surface area (Å²) < 4.78 is 5.31. The summed E-state index contributed by atoms with van der Waals surface area (Å²) in [5.41, 5.74) is 2.77. The Morgan fingerprint density at radius 2 is 1.76 bits per heavy atom. The monoisotopic (exact) mass is 288 g/mol. The maximum absolute atomic E-state index is 8.71. The maximum atomic E-state index is 8.71. The van der Waals surface area contributed by atoms with Crippen LogP contribution in [-0.2, 0) is 12.8 Å². The molecule has 6 heteroatoms. The van der Waals surface area contributed by atoms with E-state index in [1.165, 1.54) is 0 Å². The maximum Gasteiger partial charge on any atom is 0.247 e. The molecule has 2 aromatic rings. The number of hydrogen-bond donors (Lipinski definition) is 2. The third-order valence-electron chi connectivity index (χ3n) is 2.98. The lowest BCUT2D eigenvalue weighted by Gasteiger charge is -2.09. The average molecular weight is 288 g/mol. The van der Waals surface area contributed by atoms with Crippen LogP contribution in [-0.4, -0.2) is 33.5 Å². The molecule has 0 radical (unpaired) electrons. The van der Waals surface area contributed by atoms with Crippen LogP contribution < -0.4 is 10.1 Å². The second-order valence-corrected chi connectivity index (χ2v) is 4.46. The van der Waals surface area contributed by atoms with Crippen molar-refractivity contribution in [2.24, 2.45) is 0 Å². The lowest BCUT2D eigenvalue weighted by atomic mass is 10.2. The summed E-state index contributed by atoms with van der Waals surface area (Å²) in [6.45, 7) is 4.39. The number of benzene rings is 1. The molecule has 2 N–H and O–H groups in total. The molecule has 1 aromatic carbocycles. The summed E-state index contributed by atoms with van der Waals surface area (Å²) in [6.07, 6.45) is 1.67. The molecule has 0 aliphatic carbocycles. The van der Waals surface area contributed by atoms with Crippen LogP contribution in [0.15, 0.2) is 24.3 Å². The molecular formula is C15H20N4O2. The van der Waals surface area contributed by atoms with Crippen LogP contribution >= 0.6 is 0 Å². The van der Waals surface area contributed by atoms with Crippen LogP contribution in [0.3, 0.4) is 0 Å². The number of aryl methyl sites for hydroxylation is 2. The summed E-state index contributed by atoms with van der Waals surface area (Å²) in [6, 6.07) is 7.39. The summed E-state index contributed by atoms with van der Waals surface area (Å²) >= 11 is 0. The van der Waals surface area contributed by atoms with Gasteiger partial charge in [-0.05, 0) is 37.1 Å². The quantitative estimate of drug-likeness (QED) is 0.812. The van der Waals surface area contributed by atoms with Crippen LogP contribution in [0.1, 0.15) is 25.2 Å². The highest BCUT2D eigenvalue weighted by atomic mass is 16.5. The largest absolute Gasteiger partial charge is 0.491 e. The summed E-state index contributed by atoms with van der Waals surface area (Å²) in [7, 11) is 0. The molecule has 0 aliphatic heterocycles. The Hall–Kier alpha value is -2.21. The minimum absolute atomic E-state index is 0.00306. The van der Waals surface area contributed by atoms with E-state index < -0.39 is 0 Å². The van der Waals surface area contributed by atoms with Gasteiger partial charge in [-0.15, -0.1) is 10.2 Å². The van der Waals surface area contributed by atoms with E-state index in [1.54, 1.807) is 0 Å². The molecule has 0 unspecified atom stereocenters. The normalized spacial score (nSPS) is 10.4. The first-order chi connectivity index (χ1) is 10.3. The van der Waals surface area contributed by atoms with E-state index in [4.69, 9.17) is 9.84 Å². The predicted molar refractivity (Wildman–Crippen MR) is 80.9 cm³/mol. The number of rotatable bonds is 7. The first-order valence-electron chi connectivity index (χ1n) is 7.10. The number of anilines is 2. The molecule has 0 atom stereocenters. The number of aromatic nitrogens is 3. The van der Waals surface area contributed by atoms with E-state index in [-0.39, 0.29) is 13.2 Å². The van der Waals surface area contributed by atoms with Crippen molar-refractivity contribution in [3.63, 3.8) is 0 Å². The second-order valence-electron chi connectivity index (χ2n) is 4.46. The third-order valence-corrected chi connectivity index (χ3v) is 2.98. The van der Waals surface area contributed by atoms with Crippen molar-refractivity contribution in [3.8, 4) is 5.75 Å². The fraction of sp³-hybridized carbons (Fsp3) is 0.400. The van der Waals surface area contributed by atoms with E-state index in [0.717, 1.165) is 29.9 Å². The molecule has 0 fully saturated rings. The van der Waals surface area contributed by atoms with Crippen LogP contribution in [0.2, 0.25) is 0 Å².